The molecule has 3 heteroatoms. The average Bonchev–Trinajstić information content (AvgIpc) is 3.35. The standard InChI is InChI=1S/C41H27N3/c1-25-11-3-4-12-27(25)22-21-26(2)40-41(43-34-19-8-7-18-33(34)42-40)44-35-20-10-17-32-30-15-6-5-14-29(30)31-16-9-13-28-23-24-36(44)39(37(28)31)38(32)35/h3-24H,2H2,1H3/b22-21-. The van der Waals surface area contributed by atoms with Gasteiger partial charge < -0.3 is 0 Å². The molecule has 1 aliphatic rings. The van der Waals surface area contributed by atoms with Crippen LogP contribution in [0.5, 0.6) is 0 Å². The Balaban J connectivity index is 1.40. The highest BCUT2D eigenvalue weighted by molar-refractivity contribution is 6.30. The van der Waals surface area contributed by atoms with Crippen LogP contribution in [0.4, 0.5) is 0 Å². The molecule has 2 aromatic heterocycles. The van der Waals surface area contributed by atoms with E-state index in [0.717, 1.165) is 44.7 Å². The second kappa shape index (κ2) is 9.35. The van der Waals surface area contributed by atoms with Crippen LogP contribution in [0.15, 0.2) is 134 Å². The number of allylic oxidation sites excluding steroid dienone is 2. The van der Waals surface area contributed by atoms with E-state index in [1.54, 1.807) is 0 Å². The predicted octanol–water partition coefficient (Wildman–Crippen LogP) is 10.6. The second-order valence-corrected chi connectivity index (χ2v) is 11.5. The minimum absolute atomic E-state index is 0.767. The van der Waals surface area contributed by atoms with Gasteiger partial charge in [0, 0.05) is 10.8 Å². The number of aryl methyl sites for hydroxylation is 1. The van der Waals surface area contributed by atoms with Crippen molar-refractivity contribution in [1.82, 2.24) is 14.5 Å². The Labute approximate surface area is 255 Å². The van der Waals surface area contributed by atoms with E-state index in [9.17, 15) is 0 Å². The third kappa shape index (κ3) is 3.50. The number of fused-ring (bicyclic) bond motifs is 4. The van der Waals surface area contributed by atoms with Gasteiger partial charge in [0.25, 0.3) is 0 Å². The predicted molar refractivity (Wildman–Crippen MR) is 185 cm³/mol. The summed E-state index contributed by atoms with van der Waals surface area (Å²) >= 11 is 0. The number of hydrogen-bond acceptors (Lipinski definition) is 2. The van der Waals surface area contributed by atoms with E-state index in [4.69, 9.17) is 9.97 Å². The highest BCUT2D eigenvalue weighted by atomic mass is 15.1. The van der Waals surface area contributed by atoms with Crippen LogP contribution in [0.2, 0.25) is 0 Å². The zero-order valence-corrected chi connectivity index (χ0v) is 24.3. The van der Waals surface area contributed by atoms with E-state index in [1.807, 2.05) is 24.3 Å². The van der Waals surface area contributed by atoms with Crippen LogP contribution in [0, 0.1) is 6.92 Å². The minimum Gasteiger partial charge on any atom is -0.292 e. The molecule has 1 aliphatic carbocycles. The number of para-hydroxylation sites is 2. The summed E-state index contributed by atoms with van der Waals surface area (Å²) in [5.74, 6) is 0.783. The first-order valence-electron chi connectivity index (χ1n) is 15.0. The summed E-state index contributed by atoms with van der Waals surface area (Å²) < 4.78 is 2.31. The van der Waals surface area contributed by atoms with Crippen molar-refractivity contribution in [3.63, 3.8) is 0 Å². The van der Waals surface area contributed by atoms with E-state index in [0.29, 0.717) is 0 Å². The molecule has 0 fully saturated rings. The maximum absolute atomic E-state index is 5.31. The van der Waals surface area contributed by atoms with E-state index in [1.165, 1.54) is 49.4 Å². The fourth-order valence-corrected chi connectivity index (χ4v) is 6.96. The maximum Gasteiger partial charge on any atom is 0.165 e. The van der Waals surface area contributed by atoms with Gasteiger partial charge in [0.1, 0.15) is 5.69 Å². The number of rotatable bonds is 4. The lowest BCUT2D eigenvalue weighted by Crippen LogP contribution is -2.05. The molecule has 0 amide bonds. The van der Waals surface area contributed by atoms with Crippen molar-refractivity contribution in [2.45, 2.75) is 6.92 Å². The summed E-state index contributed by atoms with van der Waals surface area (Å²) in [6.45, 7) is 6.65. The number of hydrogen-bond donors (Lipinski definition) is 0. The van der Waals surface area contributed by atoms with Crippen molar-refractivity contribution in [3.05, 3.63) is 151 Å². The highest BCUT2D eigenvalue weighted by Crippen LogP contribution is 2.49. The smallest absolute Gasteiger partial charge is 0.165 e. The molecule has 0 saturated carbocycles. The van der Waals surface area contributed by atoms with Gasteiger partial charge in [-0.3, -0.25) is 4.57 Å². The Morgan fingerprint density at radius 3 is 2.02 bits per heavy atom. The van der Waals surface area contributed by atoms with Crippen LogP contribution < -0.4 is 0 Å². The molecule has 0 N–H and O–H groups in total. The first-order valence-corrected chi connectivity index (χ1v) is 15.0. The van der Waals surface area contributed by atoms with Gasteiger partial charge in [-0.05, 0) is 80.9 Å². The van der Waals surface area contributed by atoms with E-state index >= 15 is 0 Å². The summed E-state index contributed by atoms with van der Waals surface area (Å²) in [7, 11) is 0. The summed E-state index contributed by atoms with van der Waals surface area (Å²) in [5.41, 5.74) is 12.9. The molecule has 6 aromatic carbocycles. The van der Waals surface area contributed by atoms with E-state index in [-0.39, 0.29) is 0 Å². The topological polar surface area (TPSA) is 30.7 Å². The molecular weight excluding hydrogens is 534 g/mol. The number of nitrogens with zero attached hydrogens (tertiary/aromatic N) is 3. The highest BCUT2D eigenvalue weighted by Gasteiger charge is 2.26. The van der Waals surface area contributed by atoms with Crippen molar-refractivity contribution in [2.24, 2.45) is 0 Å². The number of benzene rings is 6. The van der Waals surface area contributed by atoms with Gasteiger partial charge in [0.2, 0.25) is 0 Å². The SMILES string of the molecule is C=C(/C=C\c1ccccc1C)c1nc2ccccc2nc1-n1c2cccc3c2c2c4c(cccc4ccc21)-c1ccccc1-3. The van der Waals surface area contributed by atoms with Crippen molar-refractivity contribution in [3.8, 4) is 28.1 Å². The molecule has 0 bridgehead atoms. The summed E-state index contributed by atoms with van der Waals surface area (Å²) in [4.78, 5) is 10.5. The number of aromatic nitrogens is 3. The summed E-state index contributed by atoms with van der Waals surface area (Å²) in [6.07, 6.45) is 4.19. The lowest BCUT2D eigenvalue weighted by molar-refractivity contribution is 1.06. The van der Waals surface area contributed by atoms with Gasteiger partial charge in [-0.1, -0.05) is 116 Å². The quantitative estimate of drug-likeness (QED) is 0.200. The lowest BCUT2D eigenvalue weighted by atomic mass is 9.93. The molecular formula is C41H27N3. The van der Waals surface area contributed by atoms with Gasteiger partial charge in [0.05, 0.1) is 22.1 Å². The van der Waals surface area contributed by atoms with Gasteiger partial charge in [0.15, 0.2) is 5.82 Å². The first kappa shape index (κ1) is 24.8. The Hall–Kier alpha value is -5.80. The van der Waals surface area contributed by atoms with Crippen LogP contribution in [-0.2, 0) is 0 Å². The molecule has 2 heterocycles. The van der Waals surface area contributed by atoms with Gasteiger partial charge in [-0.25, -0.2) is 9.97 Å². The molecule has 0 aliphatic heterocycles. The summed E-state index contributed by atoms with van der Waals surface area (Å²) in [5, 5.41) is 5.00. The zero-order valence-electron chi connectivity index (χ0n) is 24.3. The van der Waals surface area contributed by atoms with Crippen LogP contribution >= 0.6 is 0 Å². The van der Waals surface area contributed by atoms with Crippen molar-refractivity contribution in [2.75, 3.05) is 0 Å². The molecule has 8 aromatic rings. The van der Waals surface area contributed by atoms with Crippen molar-refractivity contribution < 1.29 is 0 Å². The fourth-order valence-electron chi connectivity index (χ4n) is 6.96. The lowest BCUT2D eigenvalue weighted by Gasteiger charge is -2.15. The third-order valence-corrected chi connectivity index (χ3v) is 9.03. The Kier molecular flexibility index (Phi) is 5.26. The third-order valence-electron chi connectivity index (χ3n) is 9.03. The second-order valence-electron chi connectivity index (χ2n) is 11.5. The molecule has 0 atom stereocenters. The zero-order chi connectivity index (χ0) is 29.4. The average molecular weight is 562 g/mol. The maximum atomic E-state index is 5.31. The fraction of sp³-hybridized carbons (Fsp3) is 0.0244. The van der Waals surface area contributed by atoms with Gasteiger partial charge in [-0.15, -0.1) is 0 Å². The van der Waals surface area contributed by atoms with E-state index < -0.39 is 0 Å². The molecule has 206 valence electrons. The molecule has 3 nitrogen and oxygen atoms in total. The van der Waals surface area contributed by atoms with Gasteiger partial charge >= 0.3 is 0 Å². The van der Waals surface area contributed by atoms with Gasteiger partial charge in [-0.2, -0.15) is 0 Å². The summed E-state index contributed by atoms with van der Waals surface area (Å²) in [6, 6.07) is 43.0. The van der Waals surface area contributed by atoms with Crippen LogP contribution in [0.1, 0.15) is 16.8 Å². The molecule has 0 unspecified atom stereocenters. The molecule has 44 heavy (non-hydrogen) atoms. The van der Waals surface area contributed by atoms with Crippen LogP contribution in [0.25, 0.3) is 83.3 Å². The van der Waals surface area contributed by atoms with Crippen molar-refractivity contribution in [1.29, 1.82) is 0 Å². The Morgan fingerprint density at radius 1 is 0.591 bits per heavy atom. The monoisotopic (exact) mass is 561 g/mol. The molecule has 0 radical (unpaired) electrons. The molecule has 0 spiro atoms. The molecule has 9 rings (SSSR count). The first-order chi connectivity index (χ1) is 21.7. The largest absolute Gasteiger partial charge is 0.292 e. The Bertz CT molecular complexity index is 2530. The van der Waals surface area contributed by atoms with Crippen molar-refractivity contribution >= 4 is 55.3 Å². The normalized spacial score (nSPS) is 12.2. The minimum atomic E-state index is 0.767. The van der Waals surface area contributed by atoms with Crippen LogP contribution in [0.3, 0.4) is 0 Å². The Morgan fingerprint density at radius 2 is 1.23 bits per heavy atom. The molecule has 0 saturated heterocycles. The van der Waals surface area contributed by atoms with Crippen LogP contribution in [-0.4, -0.2) is 14.5 Å². The van der Waals surface area contributed by atoms with E-state index in [2.05, 4.69) is 127 Å².